The first-order valence-corrected chi connectivity index (χ1v) is 8.14. The fourth-order valence-corrected chi connectivity index (χ4v) is 3.06. The highest BCUT2D eigenvalue weighted by Gasteiger charge is 2.80. The van der Waals surface area contributed by atoms with Crippen molar-refractivity contribution in [2.75, 3.05) is 0 Å². The van der Waals surface area contributed by atoms with Crippen LogP contribution in [0, 0.1) is 0 Å². The Kier molecular flexibility index (Phi) is 5.59. The van der Waals surface area contributed by atoms with Crippen molar-refractivity contribution in [2.45, 2.75) is 32.8 Å². The van der Waals surface area contributed by atoms with Crippen molar-refractivity contribution >= 4 is 24.4 Å². The highest BCUT2D eigenvalue weighted by molar-refractivity contribution is 7.99. The molecule has 0 heterocycles. The molecule has 0 saturated carbocycles. The van der Waals surface area contributed by atoms with Gasteiger partial charge in [0, 0.05) is 15.4 Å². The Hall–Kier alpha value is -1.42. The van der Waals surface area contributed by atoms with Gasteiger partial charge >= 0.3 is 18.0 Å². The third-order valence-electron chi connectivity index (χ3n) is 3.38. The number of hydrogen-bond donors (Lipinski definition) is 1. The molecule has 0 aromatic heterocycles. The number of thiol groups is 1. The monoisotopic (exact) mass is 418 g/mol. The summed E-state index contributed by atoms with van der Waals surface area (Å²) in [6, 6.07) is 12.3. The zero-order chi connectivity index (χ0) is 19.8. The molecule has 2 aromatic rings. The Bertz CT molecular complexity index is 739. The molecular weight excluding hydrogens is 408 g/mol. The van der Waals surface area contributed by atoms with Crippen molar-refractivity contribution in [2.24, 2.45) is 0 Å². The molecule has 1 atom stereocenters. The SMILES string of the molecule is FC(F)(F)C(F)(F)C(F)(F)C(F)(S)c1ccc(Sc2ccccc2)cc1. The van der Waals surface area contributed by atoms with Crippen molar-refractivity contribution in [1.82, 2.24) is 0 Å². The first-order chi connectivity index (χ1) is 11.8. The van der Waals surface area contributed by atoms with Gasteiger partial charge in [-0.25, -0.2) is 4.39 Å². The minimum absolute atomic E-state index is 0.440. The highest BCUT2D eigenvalue weighted by Crippen LogP contribution is 2.57. The maximum absolute atomic E-state index is 14.3. The number of rotatable bonds is 5. The van der Waals surface area contributed by atoms with Crippen LogP contribution in [0.3, 0.4) is 0 Å². The second-order valence-corrected chi connectivity index (χ2v) is 6.97. The molecule has 0 spiro atoms. The van der Waals surface area contributed by atoms with Crippen LogP contribution in [0.1, 0.15) is 5.56 Å². The van der Waals surface area contributed by atoms with Gasteiger partial charge in [0.1, 0.15) is 0 Å². The van der Waals surface area contributed by atoms with Crippen LogP contribution in [0.5, 0.6) is 0 Å². The van der Waals surface area contributed by atoms with E-state index in [-0.39, 0.29) is 0 Å². The van der Waals surface area contributed by atoms with Crippen LogP contribution >= 0.6 is 24.4 Å². The zero-order valence-corrected chi connectivity index (χ0v) is 14.3. The summed E-state index contributed by atoms with van der Waals surface area (Å²) in [5.74, 6) is -12.7. The summed E-state index contributed by atoms with van der Waals surface area (Å²) in [6.45, 7) is 0. The van der Waals surface area contributed by atoms with Crippen LogP contribution in [0.15, 0.2) is 64.4 Å². The number of hydrogen-bond acceptors (Lipinski definition) is 2. The maximum atomic E-state index is 14.3. The third kappa shape index (κ3) is 3.66. The average molecular weight is 418 g/mol. The lowest BCUT2D eigenvalue weighted by molar-refractivity contribution is -0.371. The van der Waals surface area contributed by atoms with Gasteiger partial charge in [-0.05, 0) is 24.3 Å². The molecule has 0 N–H and O–H groups in total. The Morgan fingerprint density at radius 3 is 1.54 bits per heavy atom. The Balaban J connectivity index is 2.31. The normalized spacial score (nSPS) is 15.6. The first-order valence-electron chi connectivity index (χ1n) is 6.88. The van der Waals surface area contributed by atoms with Gasteiger partial charge in [-0.2, -0.15) is 30.7 Å². The van der Waals surface area contributed by atoms with E-state index in [4.69, 9.17) is 0 Å². The van der Waals surface area contributed by atoms with Gasteiger partial charge in [0.05, 0.1) is 0 Å². The molecule has 142 valence electrons. The smallest absolute Gasteiger partial charge is 0.220 e. The molecule has 0 bridgehead atoms. The second kappa shape index (κ2) is 6.95. The molecule has 0 aliphatic rings. The average Bonchev–Trinajstić information content (AvgIpc) is 2.55. The topological polar surface area (TPSA) is 0 Å². The molecular formula is C16H10F8S2. The van der Waals surface area contributed by atoms with Gasteiger partial charge in [0.15, 0.2) is 0 Å². The Labute approximate surface area is 153 Å². The quantitative estimate of drug-likeness (QED) is 0.415. The van der Waals surface area contributed by atoms with E-state index in [0.717, 1.165) is 28.8 Å². The summed E-state index contributed by atoms with van der Waals surface area (Å²) in [5.41, 5.74) is -1.12. The number of benzene rings is 2. The Morgan fingerprint density at radius 1 is 0.615 bits per heavy atom. The lowest BCUT2D eigenvalue weighted by Crippen LogP contribution is -2.59. The minimum atomic E-state index is -6.64. The fraction of sp³-hybridized carbons (Fsp3) is 0.250. The van der Waals surface area contributed by atoms with Crippen LogP contribution in [-0.4, -0.2) is 18.0 Å². The van der Waals surface area contributed by atoms with Gasteiger partial charge < -0.3 is 0 Å². The number of alkyl halides is 8. The lowest BCUT2D eigenvalue weighted by atomic mass is 9.98. The van der Waals surface area contributed by atoms with E-state index in [1.807, 2.05) is 0 Å². The molecule has 0 radical (unpaired) electrons. The predicted octanol–water partition coefficient (Wildman–Crippen LogP) is 6.72. The van der Waals surface area contributed by atoms with Gasteiger partial charge in [0.25, 0.3) is 0 Å². The predicted molar refractivity (Wildman–Crippen MR) is 84.7 cm³/mol. The highest BCUT2D eigenvalue weighted by atomic mass is 32.2. The summed E-state index contributed by atoms with van der Waals surface area (Å²) in [7, 11) is 0. The van der Waals surface area contributed by atoms with Crippen LogP contribution in [0.2, 0.25) is 0 Å². The van der Waals surface area contributed by atoms with Crippen LogP contribution in [0.4, 0.5) is 35.1 Å². The van der Waals surface area contributed by atoms with Gasteiger partial charge in [-0.3, -0.25) is 0 Å². The van der Waals surface area contributed by atoms with Crippen LogP contribution in [-0.2, 0) is 5.00 Å². The largest absolute Gasteiger partial charge is 0.460 e. The van der Waals surface area contributed by atoms with Crippen LogP contribution in [0.25, 0.3) is 0 Å². The molecule has 0 fully saturated rings. The fourth-order valence-electron chi connectivity index (χ4n) is 1.94. The molecule has 26 heavy (non-hydrogen) atoms. The zero-order valence-electron chi connectivity index (χ0n) is 12.6. The summed E-state index contributed by atoms with van der Waals surface area (Å²) >= 11 is 3.97. The lowest BCUT2D eigenvalue weighted by Gasteiger charge is -2.35. The molecule has 1 unspecified atom stereocenters. The van der Waals surface area contributed by atoms with E-state index in [1.165, 1.54) is 0 Å². The molecule has 0 nitrogen and oxygen atoms in total. The van der Waals surface area contributed by atoms with Crippen molar-refractivity contribution in [3.8, 4) is 0 Å². The van der Waals surface area contributed by atoms with Gasteiger partial charge in [-0.1, -0.05) is 42.1 Å². The molecule has 2 aromatic carbocycles. The first kappa shape index (κ1) is 20.9. The number of halogens is 8. The molecule has 0 aliphatic carbocycles. The van der Waals surface area contributed by atoms with Crippen molar-refractivity contribution in [3.05, 3.63) is 60.2 Å². The van der Waals surface area contributed by atoms with E-state index >= 15 is 0 Å². The van der Waals surface area contributed by atoms with Crippen molar-refractivity contribution in [3.63, 3.8) is 0 Å². The third-order valence-corrected chi connectivity index (χ3v) is 4.94. The molecule has 2 rings (SSSR count). The summed E-state index contributed by atoms with van der Waals surface area (Å²) in [4.78, 5) is 1.20. The summed E-state index contributed by atoms with van der Waals surface area (Å²) < 4.78 is 105. The van der Waals surface area contributed by atoms with Crippen LogP contribution < -0.4 is 0 Å². The maximum Gasteiger partial charge on any atom is 0.460 e. The van der Waals surface area contributed by atoms with E-state index in [2.05, 4.69) is 12.6 Å². The van der Waals surface area contributed by atoms with E-state index in [9.17, 15) is 35.1 Å². The van der Waals surface area contributed by atoms with E-state index < -0.39 is 28.6 Å². The summed E-state index contributed by atoms with van der Waals surface area (Å²) in [5, 5.41) is -4.54. The van der Waals surface area contributed by atoms with E-state index in [1.54, 1.807) is 30.3 Å². The molecule has 0 saturated heterocycles. The van der Waals surface area contributed by atoms with Gasteiger partial charge in [0.2, 0.25) is 5.00 Å². The molecule has 0 amide bonds. The van der Waals surface area contributed by atoms with Crippen molar-refractivity contribution < 1.29 is 35.1 Å². The van der Waals surface area contributed by atoms with E-state index in [0.29, 0.717) is 17.0 Å². The molecule has 10 heteroatoms. The second-order valence-electron chi connectivity index (χ2n) is 5.21. The molecule has 0 aliphatic heterocycles. The van der Waals surface area contributed by atoms with Crippen molar-refractivity contribution in [1.29, 1.82) is 0 Å². The van der Waals surface area contributed by atoms with Gasteiger partial charge in [-0.15, -0.1) is 12.6 Å². The standard InChI is InChI=1S/C16H10F8S2/c17-13(25,14(18,19)15(20,21)16(22,23)24)10-6-8-12(9-7-10)26-11-4-2-1-3-5-11/h1-9,25H. The Morgan fingerprint density at radius 2 is 1.08 bits per heavy atom. The summed E-state index contributed by atoms with van der Waals surface area (Å²) in [6.07, 6.45) is -6.64. The minimum Gasteiger partial charge on any atom is -0.220 e.